The maximum Gasteiger partial charge on any atom is 0.242 e. The summed E-state index contributed by atoms with van der Waals surface area (Å²) in [5.74, 6) is 0.117. The molecule has 1 saturated heterocycles. The molecule has 0 unspecified atom stereocenters. The normalized spacial score (nSPS) is 14.7. The maximum atomic E-state index is 12.7. The molecule has 1 heterocycles. The van der Waals surface area contributed by atoms with Gasteiger partial charge in [-0.2, -0.15) is 0 Å². The second-order valence-electron chi connectivity index (χ2n) is 6.07. The molecule has 1 aliphatic heterocycles. The predicted octanol–water partition coefficient (Wildman–Crippen LogP) is 2.19. The van der Waals surface area contributed by atoms with Gasteiger partial charge in [-0.05, 0) is 31.4 Å². The first-order valence-corrected chi connectivity index (χ1v) is 8.50. The summed E-state index contributed by atoms with van der Waals surface area (Å²) < 4.78 is 0. The van der Waals surface area contributed by atoms with Crippen LogP contribution < -0.4 is 5.73 Å². The molecule has 0 spiro atoms. The van der Waals surface area contributed by atoms with Crippen LogP contribution in [-0.4, -0.2) is 47.8 Å². The Morgan fingerprint density at radius 3 is 2.62 bits per heavy atom. The van der Waals surface area contributed by atoms with Crippen LogP contribution in [0.2, 0.25) is 0 Å². The number of halogens is 1. The topological polar surface area (TPSA) is 66.6 Å². The van der Waals surface area contributed by atoms with Crippen molar-refractivity contribution in [3.05, 3.63) is 35.9 Å². The molecule has 0 aromatic heterocycles. The van der Waals surface area contributed by atoms with E-state index in [1.54, 1.807) is 4.90 Å². The molecule has 0 saturated carbocycles. The smallest absolute Gasteiger partial charge is 0.242 e. The van der Waals surface area contributed by atoms with E-state index in [0.29, 0.717) is 32.6 Å². The van der Waals surface area contributed by atoms with Crippen molar-refractivity contribution in [2.75, 3.05) is 26.2 Å². The fraction of sp³-hybridized carbons (Fsp3) is 0.556. The molecule has 1 aromatic carbocycles. The first kappa shape index (κ1) is 20.5. The maximum absolute atomic E-state index is 12.7. The molecule has 2 rings (SSSR count). The summed E-state index contributed by atoms with van der Waals surface area (Å²) in [6.45, 7) is 2.64. The lowest BCUT2D eigenvalue weighted by molar-refractivity contribution is -0.140. The summed E-state index contributed by atoms with van der Waals surface area (Å²) in [5.41, 5.74) is 6.69. The van der Waals surface area contributed by atoms with E-state index in [1.165, 1.54) is 0 Å². The number of carbonyl (C=O) groups is 2. The summed E-state index contributed by atoms with van der Waals surface area (Å²) in [4.78, 5) is 28.3. The lowest BCUT2D eigenvalue weighted by atomic mass is 10.2. The molecular weight excluding hydrogens is 326 g/mol. The second kappa shape index (κ2) is 11.0. The molecular formula is C18H28ClN3O2. The van der Waals surface area contributed by atoms with Crippen LogP contribution in [0.1, 0.15) is 37.7 Å². The third kappa shape index (κ3) is 6.49. The third-order valence-corrected chi connectivity index (χ3v) is 4.20. The van der Waals surface area contributed by atoms with Crippen LogP contribution in [0.15, 0.2) is 30.3 Å². The highest BCUT2D eigenvalue weighted by Crippen LogP contribution is 2.12. The number of rotatable bonds is 7. The van der Waals surface area contributed by atoms with Gasteiger partial charge in [0.1, 0.15) is 0 Å². The standard InChI is InChI=1S/C18H27N3O2.ClH/c19-11-7-13-20(14-16-8-3-1-4-9-16)18(23)15-21-12-6-2-5-10-17(21)22;/h1,3-4,8-9H,2,5-7,10-15,19H2;1H. The molecule has 24 heavy (non-hydrogen) atoms. The average molecular weight is 354 g/mol. The molecule has 134 valence electrons. The van der Waals surface area contributed by atoms with Crippen LogP contribution in [0.5, 0.6) is 0 Å². The number of amides is 2. The molecule has 0 radical (unpaired) electrons. The van der Waals surface area contributed by atoms with Gasteiger partial charge in [0.05, 0.1) is 6.54 Å². The van der Waals surface area contributed by atoms with Gasteiger partial charge in [-0.15, -0.1) is 12.4 Å². The van der Waals surface area contributed by atoms with E-state index in [2.05, 4.69) is 0 Å². The summed E-state index contributed by atoms with van der Waals surface area (Å²) in [5, 5.41) is 0. The van der Waals surface area contributed by atoms with E-state index in [-0.39, 0.29) is 30.8 Å². The monoisotopic (exact) mass is 353 g/mol. The Balaban J connectivity index is 0.00000288. The Hall–Kier alpha value is -1.59. The number of benzene rings is 1. The fourth-order valence-corrected chi connectivity index (χ4v) is 2.85. The predicted molar refractivity (Wildman–Crippen MR) is 97.8 cm³/mol. The lowest BCUT2D eigenvalue weighted by Gasteiger charge is -2.27. The zero-order chi connectivity index (χ0) is 16.5. The number of carbonyl (C=O) groups excluding carboxylic acids is 2. The van der Waals surface area contributed by atoms with Gasteiger partial charge in [0.2, 0.25) is 11.8 Å². The SMILES string of the molecule is Cl.NCCCN(Cc1ccccc1)C(=O)CN1CCCCCC1=O. The Bertz CT molecular complexity index is 510. The van der Waals surface area contributed by atoms with Gasteiger partial charge in [0.25, 0.3) is 0 Å². The van der Waals surface area contributed by atoms with Crippen molar-refractivity contribution in [3.63, 3.8) is 0 Å². The fourth-order valence-electron chi connectivity index (χ4n) is 2.85. The molecule has 2 amide bonds. The van der Waals surface area contributed by atoms with Crippen LogP contribution in [-0.2, 0) is 16.1 Å². The minimum absolute atomic E-state index is 0. The highest BCUT2D eigenvalue weighted by atomic mass is 35.5. The first-order valence-electron chi connectivity index (χ1n) is 8.50. The van der Waals surface area contributed by atoms with Gasteiger partial charge in [-0.3, -0.25) is 9.59 Å². The summed E-state index contributed by atoms with van der Waals surface area (Å²) in [6, 6.07) is 9.93. The largest absolute Gasteiger partial charge is 0.337 e. The Kier molecular flexibility index (Phi) is 9.42. The van der Waals surface area contributed by atoms with Crippen molar-refractivity contribution >= 4 is 24.2 Å². The minimum atomic E-state index is 0. The highest BCUT2D eigenvalue weighted by molar-refractivity contribution is 5.85. The number of likely N-dealkylation sites (tertiary alicyclic amines) is 1. The third-order valence-electron chi connectivity index (χ3n) is 4.20. The number of nitrogens with two attached hydrogens (primary N) is 1. The highest BCUT2D eigenvalue weighted by Gasteiger charge is 2.22. The van der Waals surface area contributed by atoms with Crippen molar-refractivity contribution in [2.45, 2.75) is 38.6 Å². The average Bonchev–Trinajstić information content (AvgIpc) is 2.77. The number of nitrogens with zero attached hydrogens (tertiary/aromatic N) is 2. The van der Waals surface area contributed by atoms with Gasteiger partial charge in [0.15, 0.2) is 0 Å². The summed E-state index contributed by atoms with van der Waals surface area (Å²) in [6.07, 6.45) is 4.32. The zero-order valence-electron chi connectivity index (χ0n) is 14.2. The van der Waals surface area contributed by atoms with Gasteiger partial charge >= 0.3 is 0 Å². The van der Waals surface area contributed by atoms with E-state index in [0.717, 1.165) is 31.2 Å². The van der Waals surface area contributed by atoms with Crippen molar-refractivity contribution < 1.29 is 9.59 Å². The van der Waals surface area contributed by atoms with Crippen LogP contribution in [0.3, 0.4) is 0 Å². The molecule has 2 N–H and O–H groups in total. The molecule has 0 bridgehead atoms. The van der Waals surface area contributed by atoms with Crippen molar-refractivity contribution in [3.8, 4) is 0 Å². The number of hydrogen-bond donors (Lipinski definition) is 1. The molecule has 1 fully saturated rings. The Labute approximate surface area is 150 Å². The van der Waals surface area contributed by atoms with Gasteiger partial charge in [-0.25, -0.2) is 0 Å². The van der Waals surface area contributed by atoms with Crippen molar-refractivity contribution in [2.24, 2.45) is 5.73 Å². The minimum Gasteiger partial charge on any atom is -0.337 e. The quantitative estimate of drug-likeness (QED) is 0.817. The van der Waals surface area contributed by atoms with E-state index in [9.17, 15) is 9.59 Å². The van der Waals surface area contributed by atoms with Crippen LogP contribution in [0.4, 0.5) is 0 Å². The van der Waals surface area contributed by atoms with Gasteiger partial charge in [-0.1, -0.05) is 36.8 Å². The number of hydrogen-bond acceptors (Lipinski definition) is 3. The molecule has 1 aliphatic rings. The van der Waals surface area contributed by atoms with Crippen LogP contribution in [0.25, 0.3) is 0 Å². The van der Waals surface area contributed by atoms with Gasteiger partial charge < -0.3 is 15.5 Å². The Morgan fingerprint density at radius 2 is 1.92 bits per heavy atom. The Morgan fingerprint density at radius 1 is 1.17 bits per heavy atom. The van der Waals surface area contributed by atoms with E-state index in [1.807, 2.05) is 35.2 Å². The summed E-state index contributed by atoms with van der Waals surface area (Å²) >= 11 is 0. The lowest BCUT2D eigenvalue weighted by Crippen LogP contribution is -2.43. The summed E-state index contributed by atoms with van der Waals surface area (Å²) in [7, 11) is 0. The van der Waals surface area contributed by atoms with Crippen molar-refractivity contribution in [1.82, 2.24) is 9.80 Å². The van der Waals surface area contributed by atoms with E-state index in [4.69, 9.17) is 5.73 Å². The molecule has 0 atom stereocenters. The second-order valence-corrected chi connectivity index (χ2v) is 6.07. The van der Waals surface area contributed by atoms with E-state index < -0.39 is 0 Å². The van der Waals surface area contributed by atoms with Gasteiger partial charge in [0, 0.05) is 26.1 Å². The molecule has 0 aliphatic carbocycles. The molecule has 5 nitrogen and oxygen atoms in total. The molecule has 6 heteroatoms. The first-order chi connectivity index (χ1) is 11.2. The van der Waals surface area contributed by atoms with Crippen LogP contribution in [0, 0.1) is 0 Å². The van der Waals surface area contributed by atoms with Crippen LogP contribution >= 0.6 is 12.4 Å². The van der Waals surface area contributed by atoms with Crippen molar-refractivity contribution in [1.29, 1.82) is 0 Å². The molecule has 1 aromatic rings. The zero-order valence-corrected chi connectivity index (χ0v) is 15.0. The van der Waals surface area contributed by atoms with E-state index >= 15 is 0 Å².